The number of H-pyrrole nitrogens is 2. The van der Waals surface area contributed by atoms with Crippen LogP contribution >= 0.6 is 0 Å². The highest BCUT2D eigenvalue weighted by Gasteiger charge is 2.29. The second-order valence-corrected chi connectivity index (χ2v) is 14.6. The Hall–Kier alpha value is -6.54. The summed E-state index contributed by atoms with van der Waals surface area (Å²) in [5, 5.41) is 6.13. The van der Waals surface area contributed by atoms with E-state index in [0.717, 1.165) is 50.4 Å². The molecule has 3 aromatic heterocycles. The summed E-state index contributed by atoms with van der Waals surface area (Å²) in [6.07, 6.45) is 4.61. The molecule has 8 bridgehead atoms. The van der Waals surface area contributed by atoms with Crippen LogP contribution in [0.1, 0.15) is 74.0 Å². The molecule has 2 amide bonds. The van der Waals surface area contributed by atoms with Gasteiger partial charge in [0.05, 0.1) is 33.5 Å². The van der Waals surface area contributed by atoms with Crippen LogP contribution in [0.5, 0.6) is 0 Å². The largest absolute Gasteiger partial charge is 0.355 e. The first-order chi connectivity index (χ1) is 25.5. The van der Waals surface area contributed by atoms with Crippen LogP contribution in [0.3, 0.4) is 0 Å². The molecule has 262 valence electrons. The summed E-state index contributed by atoms with van der Waals surface area (Å²) in [5.74, 6) is -0.452. The molecule has 53 heavy (non-hydrogen) atoms. The molecule has 0 spiro atoms. The number of benzene rings is 3. The molecule has 6 aromatic rings. The fourth-order valence-electron chi connectivity index (χ4n) is 7.45. The van der Waals surface area contributed by atoms with Crippen LogP contribution in [-0.4, -0.2) is 31.8 Å². The molecule has 0 aliphatic carbocycles. The zero-order valence-electron chi connectivity index (χ0n) is 30.4. The number of aromatic nitrogens is 4. The van der Waals surface area contributed by atoms with Gasteiger partial charge in [0.15, 0.2) is 0 Å². The van der Waals surface area contributed by atoms with Gasteiger partial charge in [0, 0.05) is 51.2 Å². The molecule has 0 fully saturated rings. The number of aryl methyl sites for hydroxylation is 3. The van der Waals surface area contributed by atoms with Crippen molar-refractivity contribution < 1.29 is 9.59 Å². The van der Waals surface area contributed by atoms with E-state index in [2.05, 4.69) is 67.4 Å². The molecule has 5 heterocycles. The highest BCUT2D eigenvalue weighted by atomic mass is 16.2. The molecule has 2 aliphatic rings. The maximum Gasteiger partial charge on any atom is 0.257 e. The molecule has 0 atom stereocenters. The van der Waals surface area contributed by atoms with Gasteiger partial charge in [-0.15, -0.1) is 0 Å². The van der Waals surface area contributed by atoms with Crippen LogP contribution in [0, 0.1) is 20.8 Å². The highest BCUT2D eigenvalue weighted by Crippen LogP contribution is 2.37. The van der Waals surface area contributed by atoms with E-state index >= 15 is 0 Å². The molecule has 0 saturated heterocycles. The number of hydrogen-bond acceptors (Lipinski definition) is 4. The lowest BCUT2D eigenvalue weighted by Gasteiger charge is -2.15. The second kappa shape index (κ2) is 13.2. The molecule has 0 saturated carbocycles. The average molecular weight is 697 g/mol. The van der Waals surface area contributed by atoms with Gasteiger partial charge in [0.1, 0.15) is 0 Å². The minimum Gasteiger partial charge on any atom is -0.355 e. The van der Waals surface area contributed by atoms with Crippen molar-refractivity contribution >= 4 is 57.4 Å². The Morgan fingerprint density at radius 2 is 1.25 bits per heavy atom. The van der Waals surface area contributed by atoms with Gasteiger partial charge in [-0.1, -0.05) is 67.9 Å². The highest BCUT2D eigenvalue weighted by molar-refractivity contribution is 6.12. The van der Waals surface area contributed by atoms with E-state index < -0.39 is 0 Å². The Morgan fingerprint density at radius 1 is 0.642 bits per heavy atom. The van der Waals surface area contributed by atoms with Crippen molar-refractivity contribution in [1.29, 1.82) is 0 Å². The number of fused-ring (bicyclic) bond motifs is 8. The molecular formula is C45H40N6O2. The monoisotopic (exact) mass is 696 g/mol. The van der Waals surface area contributed by atoms with Crippen molar-refractivity contribution in [2.75, 3.05) is 10.6 Å². The number of nitrogens with one attached hydrogen (secondary N) is 4. The molecule has 8 rings (SSSR count). The van der Waals surface area contributed by atoms with Gasteiger partial charge in [-0.05, 0) is 104 Å². The zero-order chi connectivity index (χ0) is 36.9. The summed E-state index contributed by atoms with van der Waals surface area (Å²) in [6.45, 7) is 10.6. The van der Waals surface area contributed by atoms with Crippen LogP contribution in [0.15, 0.2) is 103 Å². The van der Waals surface area contributed by atoms with Crippen LogP contribution in [0.4, 0.5) is 11.4 Å². The quantitative estimate of drug-likeness (QED) is 0.143. The van der Waals surface area contributed by atoms with E-state index in [9.17, 15) is 9.59 Å². The van der Waals surface area contributed by atoms with Gasteiger partial charge in [-0.3, -0.25) is 14.6 Å². The Kier molecular flexibility index (Phi) is 8.38. The van der Waals surface area contributed by atoms with Crippen molar-refractivity contribution in [2.24, 2.45) is 0 Å². The molecule has 0 radical (unpaired) electrons. The van der Waals surface area contributed by atoms with Gasteiger partial charge in [0.25, 0.3) is 11.8 Å². The third-order valence-corrected chi connectivity index (χ3v) is 9.86. The lowest BCUT2D eigenvalue weighted by atomic mass is 9.87. The predicted molar refractivity (Wildman–Crippen MR) is 215 cm³/mol. The third-order valence-electron chi connectivity index (χ3n) is 9.86. The van der Waals surface area contributed by atoms with Gasteiger partial charge < -0.3 is 20.6 Å². The van der Waals surface area contributed by atoms with E-state index in [1.165, 1.54) is 5.56 Å². The standard InChI is InChI=1S/C45H40N6O2/c1-26-18-27(2)41(28(3)19-26)42-36-17-16-31(46-36)21-37-34(43(52)49-29-12-8-6-9-13-29)20-32(47-37)23-40-45(4,5)25-33(48-40)22-38-35(24-39(42)51-38)44(53)50-30-14-10-7-11-15-30/h6-24,47,51H,25H2,1-5H3,(H,49,52)(H,50,53). The smallest absolute Gasteiger partial charge is 0.257 e. The van der Waals surface area contributed by atoms with E-state index in [1.54, 1.807) is 0 Å². The first-order valence-corrected chi connectivity index (χ1v) is 17.8. The molecule has 0 unspecified atom stereocenters. The van der Waals surface area contributed by atoms with Crippen LogP contribution in [0.2, 0.25) is 0 Å². The molecule has 4 N–H and O–H groups in total. The lowest BCUT2D eigenvalue weighted by Crippen LogP contribution is -2.15. The number of rotatable bonds is 5. The Balaban J connectivity index is 1.43. The summed E-state index contributed by atoms with van der Waals surface area (Å²) in [7, 11) is 0. The number of anilines is 2. The maximum atomic E-state index is 14.1. The Morgan fingerprint density at radius 3 is 1.89 bits per heavy atom. The number of hydrogen-bond donors (Lipinski definition) is 4. The van der Waals surface area contributed by atoms with Crippen LogP contribution in [0.25, 0.3) is 45.3 Å². The predicted octanol–water partition coefficient (Wildman–Crippen LogP) is 10.1. The maximum absolute atomic E-state index is 14.1. The number of aromatic amines is 2. The van der Waals surface area contributed by atoms with Crippen molar-refractivity contribution in [3.63, 3.8) is 0 Å². The minimum absolute atomic E-state index is 0.224. The Bertz CT molecular complexity index is 2610. The number of nitrogens with zero attached hydrogens (tertiary/aromatic N) is 2. The van der Waals surface area contributed by atoms with Crippen molar-refractivity contribution in [3.8, 4) is 11.1 Å². The molecule has 8 nitrogen and oxygen atoms in total. The first kappa shape index (κ1) is 33.6. The fraction of sp³-hybridized carbons (Fsp3) is 0.156. The van der Waals surface area contributed by atoms with Gasteiger partial charge >= 0.3 is 0 Å². The molecule has 8 heteroatoms. The fourth-order valence-corrected chi connectivity index (χ4v) is 7.45. The summed E-state index contributed by atoms with van der Waals surface area (Å²) >= 11 is 0. The molecule has 2 aliphatic heterocycles. The number of para-hydroxylation sites is 2. The summed E-state index contributed by atoms with van der Waals surface area (Å²) in [5.41, 5.74) is 13.4. The third kappa shape index (κ3) is 6.67. The number of carbonyl (C=O) groups excluding carboxylic acids is 2. The van der Waals surface area contributed by atoms with E-state index in [1.807, 2.05) is 103 Å². The van der Waals surface area contributed by atoms with E-state index in [-0.39, 0.29) is 17.2 Å². The second-order valence-electron chi connectivity index (χ2n) is 14.6. The normalized spacial score (nSPS) is 13.2. The van der Waals surface area contributed by atoms with Crippen molar-refractivity contribution in [1.82, 2.24) is 19.9 Å². The topological polar surface area (TPSA) is 116 Å². The summed E-state index contributed by atoms with van der Waals surface area (Å²) < 4.78 is 0. The zero-order valence-corrected chi connectivity index (χ0v) is 30.4. The van der Waals surface area contributed by atoms with Crippen LogP contribution < -0.4 is 10.6 Å². The summed E-state index contributed by atoms with van der Waals surface area (Å²) in [6, 6.07) is 32.9. The van der Waals surface area contributed by atoms with Crippen molar-refractivity contribution in [2.45, 2.75) is 46.5 Å². The van der Waals surface area contributed by atoms with Gasteiger partial charge in [-0.25, -0.2) is 4.98 Å². The Labute approximate surface area is 308 Å². The number of carbonyl (C=O) groups is 2. The SMILES string of the molecule is Cc1cc(C)c(-c2c3nc(cc4[nH]c(cc5nc(cc6[nH]c2cc6C(=O)Nc2ccccc2)CC5(C)C)cc4C(=O)Nc2ccccc2)C=C3)c(C)c1. The summed E-state index contributed by atoms with van der Waals surface area (Å²) in [4.78, 5) is 45.2. The van der Waals surface area contributed by atoms with Gasteiger partial charge in [-0.2, -0.15) is 0 Å². The van der Waals surface area contributed by atoms with Gasteiger partial charge in [0.2, 0.25) is 0 Å². The average Bonchev–Trinajstić information content (AvgIpc) is 3.90. The van der Waals surface area contributed by atoms with Crippen LogP contribution in [-0.2, 0) is 11.8 Å². The first-order valence-electron chi connectivity index (χ1n) is 17.8. The van der Waals surface area contributed by atoms with Crippen molar-refractivity contribution in [3.05, 3.63) is 154 Å². The molecule has 3 aromatic carbocycles. The van der Waals surface area contributed by atoms with E-state index in [0.29, 0.717) is 45.6 Å². The van der Waals surface area contributed by atoms with E-state index in [4.69, 9.17) is 9.97 Å². The molecular weight excluding hydrogens is 657 g/mol. The number of amides is 2. The lowest BCUT2D eigenvalue weighted by molar-refractivity contribution is 0.102. The minimum atomic E-state index is -0.307.